The number of rotatable bonds is 6. The summed E-state index contributed by atoms with van der Waals surface area (Å²) in [5.74, 6) is -2.57. The number of nitro benzene ring substituents is 1. The smallest absolute Gasteiger partial charge is 0.322 e. The third kappa shape index (κ3) is 3.89. The third-order valence-electron chi connectivity index (χ3n) is 2.67. The van der Waals surface area contributed by atoms with E-state index in [0.29, 0.717) is 6.07 Å². The molecule has 1 atom stereocenters. The quantitative estimate of drug-likeness (QED) is 0.516. The fourth-order valence-corrected chi connectivity index (χ4v) is 2.88. The molecule has 0 saturated heterocycles. The second-order valence-corrected chi connectivity index (χ2v) is 6.30. The summed E-state index contributed by atoms with van der Waals surface area (Å²) >= 11 is 0. The van der Waals surface area contributed by atoms with Crippen molar-refractivity contribution in [2.75, 3.05) is 0 Å². The van der Waals surface area contributed by atoms with Gasteiger partial charge in [-0.2, -0.15) is 4.72 Å². The molecule has 1 aromatic carbocycles. The first-order chi connectivity index (χ1) is 9.56. The maximum Gasteiger partial charge on any atom is 0.322 e. The lowest BCUT2D eigenvalue weighted by Gasteiger charge is -2.17. The van der Waals surface area contributed by atoms with Gasteiger partial charge in [-0.3, -0.25) is 14.9 Å². The minimum absolute atomic E-state index is 0.501. The van der Waals surface area contributed by atoms with Gasteiger partial charge in [0.05, 0.1) is 9.82 Å². The highest BCUT2D eigenvalue weighted by molar-refractivity contribution is 7.89. The molecule has 0 heterocycles. The Kier molecular flexibility index (Phi) is 4.86. The standard InChI is InChI=1S/C11H14N2O7S/c1-6(2)10(11(15)16)12-21(19,20)7-3-4-9(14)8(5-7)13(17)18/h3-6,10,12,14H,1-2H3,(H,15,16)/t10-/m0/s1. The number of phenols is 1. The summed E-state index contributed by atoms with van der Waals surface area (Å²) in [6, 6.07) is 1.10. The number of carboxylic acid groups (broad SMARTS) is 1. The average molecular weight is 318 g/mol. The molecular weight excluding hydrogens is 304 g/mol. The van der Waals surface area contributed by atoms with E-state index >= 15 is 0 Å². The van der Waals surface area contributed by atoms with Crippen LogP contribution < -0.4 is 4.72 Å². The molecule has 0 amide bonds. The van der Waals surface area contributed by atoms with Crippen LogP contribution in [-0.4, -0.2) is 35.6 Å². The van der Waals surface area contributed by atoms with Crippen molar-refractivity contribution in [2.24, 2.45) is 5.92 Å². The second-order valence-electron chi connectivity index (χ2n) is 4.59. The molecule has 0 aliphatic heterocycles. The predicted octanol–water partition coefficient (Wildman–Crippen LogP) is 0.688. The van der Waals surface area contributed by atoms with Crippen LogP contribution in [0.15, 0.2) is 23.1 Å². The van der Waals surface area contributed by atoms with Crippen LogP contribution in [0.3, 0.4) is 0 Å². The van der Waals surface area contributed by atoms with Crippen LogP contribution in [0.4, 0.5) is 5.69 Å². The number of carbonyl (C=O) groups is 1. The average Bonchev–Trinajstić information content (AvgIpc) is 2.35. The summed E-state index contributed by atoms with van der Waals surface area (Å²) in [5.41, 5.74) is -0.783. The number of nitro groups is 1. The van der Waals surface area contributed by atoms with Crippen LogP contribution in [0, 0.1) is 16.0 Å². The molecular formula is C11H14N2O7S. The zero-order valence-electron chi connectivity index (χ0n) is 11.2. The van der Waals surface area contributed by atoms with Crippen molar-refractivity contribution in [2.45, 2.75) is 24.8 Å². The van der Waals surface area contributed by atoms with Gasteiger partial charge < -0.3 is 10.2 Å². The second kappa shape index (κ2) is 6.06. The lowest BCUT2D eigenvalue weighted by atomic mass is 10.1. The van der Waals surface area contributed by atoms with Gasteiger partial charge in [0.2, 0.25) is 10.0 Å². The van der Waals surface area contributed by atoms with Crippen LogP contribution in [0.1, 0.15) is 13.8 Å². The van der Waals surface area contributed by atoms with Crippen LogP contribution in [0.2, 0.25) is 0 Å². The van der Waals surface area contributed by atoms with E-state index in [4.69, 9.17) is 5.11 Å². The van der Waals surface area contributed by atoms with Crippen molar-refractivity contribution >= 4 is 21.7 Å². The minimum Gasteiger partial charge on any atom is -0.502 e. The topological polar surface area (TPSA) is 147 Å². The Morgan fingerprint density at radius 3 is 2.38 bits per heavy atom. The number of aliphatic carboxylic acids is 1. The number of nitrogens with zero attached hydrogens (tertiary/aromatic N) is 1. The molecule has 0 bridgehead atoms. The Labute approximate surface area is 120 Å². The summed E-state index contributed by atoms with van der Waals surface area (Å²) in [6.07, 6.45) is 0. The Morgan fingerprint density at radius 2 is 1.95 bits per heavy atom. The number of sulfonamides is 1. The first-order valence-corrected chi connectivity index (χ1v) is 7.27. The van der Waals surface area contributed by atoms with Crippen molar-refractivity contribution in [3.8, 4) is 5.75 Å². The molecule has 10 heteroatoms. The van der Waals surface area contributed by atoms with Gasteiger partial charge in [-0.1, -0.05) is 13.8 Å². The van der Waals surface area contributed by atoms with Crippen LogP contribution in [0.25, 0.3) is 0 Å². The predicted molar refractivity (Wildman–Crippen MR) is 71.3 cm³/mol. The van der Waals surface area contributed by atoms with Crippen LogP contribution in [0.5, 0.6) is 5.75 Å². The number of nitrogens with one attached hydrogen (secondary N) is 1. The molecule has 9 nitrogen and oxygen atoms in total. The number of aromatic hydroxyl groups is 1. The lowest BCUT2D eigenvalue weighted by molar-refractivity contribution is -0.386. The fraction of sp³-hybridized carbons (Fsp3) is 0.364. The van der Waals surface area contributed by atoms with Gasteiger partial charge in [-0.05, 0) is 18.1 Å². The van der Waals surface area contributed by atoms with E-state index in [9.17, 15) is 28.4 Å². The Bertz CT molecular complexity index is 669. The summed E-state index contributed by atoms with van der Waals surface area (Å²) in [5, 5.41) is 28.9. The van der Waals surface area contributed by atoms with Crippen molar-refractivity contribution in [1.82, 2.24) is 4.72 Å². The van der Waals surface area contributed by atoms with Crippen molar-refractivity contribution in [3.05, 3.63) is 28.3 Å². The minimum atomic E-state index is -4.27. The molecule has 1 rings (SSSR count). The maximum atomic E-state index is 12.1. The van der Waals surface area contributed by atoms with E-state index in [2.05, 4.69) is 0 Å². The van der Waals surface area contributed by atoms with Crippen molar-refractivity contribution < 1.29 is 28.3 Å². The molecule has 0 saturated carbocycles. The monoisotopic (exact) mass is 318 g/mol. The molecule has 0 fully saturated rings. The summed E-state index contributed by atoms with van der Waals surface area (Å²) in [4.78, 5) is 20.2. The van der Waals surface area contributed by atoms with Gasteiger partial charge in [0.15, 0.2) is 5.75 Å². The largest absolute Gasteiger partial charge is 0.502 e. The number of phenolic OH excluding ortho intramolecular Hbond substituents is 1. The zero-order valence-corrected chi connectivity index (χ0v) is 12.0. The highest BCUT2D eigenvalue weighted by Gasteiger charge is 2.29. The van der Waals surface area contributed by atoms with Gasteiger partial charge in [-0.25, -0.2) is 8.42 Å². The summed E-state index contributed by atoms with van der Waals surface area (Å²) < 4.78 is 26.1. The highest BCUT2D eigenvalue weighted by Crippen LogP contribution is 2.28. The van der Waals surface area contributed by atoms with E-state index in [-0.39, 0.29) is 0 Å². The Morgan fingerprint density at radius 1 is 1.38 bits per heavy atom. The van der Waals surface area contributed by atoms with E-state index in [1.165, 1.54) is 13.8 Å². The number of benzene rings is 1. The molecule has 116 valence electrons. The summed E-state index contributed by atoms with van der Waals surface area (Å²) in [6.45, 7) is 3.03. The van der Waals surface area contributed by atoms with Gasteiger partial charge in [0, 0.05) is 6.07 Å². The molecule has 3 N–H and O–H groups in total. The first kappa shape index (κ1) is 16.9. The third-order valence-corrected chi connectivity index (χ3v) is 4.11. The number of carboxylic acids is 1. The van der Waals surface area contributed by atoms with Crippen LogP contribution in [-0.2, 0) is 14.8 Å². The number of hydrogen-bond donors (Lipinski definition) is 3. The molecule has 0 spiro atoms. The van der Waals surface area contributed by atoms with E-state index in [1.54, 1.807) is 0 Å². The lowest BCUT2D eigenvalue weighted by Crippen LogP contribution is -2.44. The van der Waals surface area contributed by atoms with Crippen molar-refractivity contribution in [3.63, 3.8) is 0 Å². The molecule has 0 aromatic heterocycles. The maximum absolute atomic E-state index is 12.1. The van der Waals surface area contributed by atoms with E-state index in [1.807, 2.05) is 4.72 Å². The molecule has 0 aliphatic rings. The van der Waals surface area contributed by atoms with Gasteiger partial charge in [0.1, 0.15) is 6.04 Å². The molecule has 0 aliphatic carbocycles. The SMILES string of the molecule is CC(C)[C@H](NS(=O)(=O)c1ccc(O)c([N+](=O)[O-])c1)C(=O)O. The van der Waals surface area contributed by atoms with Crippen LogP contribution >= 0.6 is 0 Å². The molecule has 21 heavy (non-hydrogen) atoms. The summed E-state index contributed by atoms with van der Waals surface area (Å²) in [7, 11) is -4.27. The zero-order chi connectivity index (χ0) is 16.4. The van der Waals surface area contributed by atoms with Gasteiger partial charge >= 0.3 is 11.7 Å². The Balaban J connectivity index is 3.22. The van der Waals surface area contributed by atoms with E-state index in [0.717, 1.165) is 12.1 Å². The normalized spacial score (nSPS) is 13.1. The molecule has 1 aromatic rings. The molecule has 0 radical (unpaired) electrons. The van der Waals surface area contributed by atoms with Gasteiger partial charge in [-0.15, -0.1) is 0 Å². The van der Waals surface area contributed by atoms with Gasteiger partial charge in [0.25, 0.3) is 0 Å². The number of hydrogen-bond acceptors (Lipinski definition) is 6. The fourth-order valence-electron chi connectivity index (χ4n) is 1.52. The first-order valence-electron chi connectivity index (χ1n) is 5.79. The van der Waals surface area contributed by atoms with E-state index < -0.39 is 49.2 Å². The highest BCUT2D eigenvalue weighted by atomic mass is 32.2. The van der Waals surface area contributed by atoms with Crippen molar-refractivity contribution in [1.29, 1.82) is 0 Å². The Hall–Kier alpha value is -2.20. The molecule has 0 unspecified atom stereocenters.